The number of rotatable bonds is 5. The van der Waals surface area contributed by atoms with E-state index in [1.807, 2.05) is 43.0 Å². The maximum absolute atomic E-state index is 12.1. The average molecular weight is 455 g/mol. The van der Waals surface area contributed by atoms with Crippen LogP contribution in [0, 0.1) is 0 Å². The molecule has 2 aromatic carbocycles. The lowest BCUT2D eigenvalue weighted by Crippen LogP contribution is -2.28. The fourth-order valence-corrected chi connectivity index (χ4v) is 3.74. The van der Waals surface area contributed by atoms with Gasteiger partial charge >= 0.3 is 5.97 Å². The maximum atomic E-state index is 12.1. The van der Waals surface area contributed by atoms with Gasteiger partial charge in [0.05, 0.1) is 17.9 Å². The second-order valence-corrected chi connectivity index (χ2v) is 7.98. The lowest BCUT2D eigenvalue weighted by Gasteiger charge is -2.29. The van der Waals surface area contributed by atoms with E-state index in [1.54, 1.807) is 24.4 Å². The number of anilines is 2. The molecular weight excluding hydrogens is 436 g/mol. The van der Waals surface area contributed by atoms with Crippen LogP contribution in [0.4, 0.5) is 11.5 Å². The molecule has 0 fully saturated rings. The van der Waals surface area contributed by atoms with E-state index in [0.29, 0.717) is 22.7 Å². The minimum absolute atomic E-state index is 0.0367. The largest absolute Gasteiger partial charge is 0.478 e. The fourth-order valence-electron chi connectivity index (χ4n) is 3.50. The molecule has 2 aromatic heterocycles. The number of halogens is 1. The molecular formula is C22H19BrN2O4. The molecule has 148 valence electrons. The van der Waals surface area contributed by atoms with E-state index in [9.17, 15) is 15.0 Å². The Morgan fingerprint density at radius 1 is 1.14 bits per heavy atom. The van der Waals surface area contributed by atoms with Crippen molar-refractivity contribution in [3.8, 4) is 0 Å². The second-order valence-electron chi connectivity index (χ2n) is 7.06. The number of furan rings is 1. The van der Waals surface area contributed by atoms with Crippen LogP contribution in [0.2, 0.25) is 0 Å². The Kier molecular flexibility index (Phi) is 5.02. The zero-order chi connectivity index (χ0) is 20.7. The third-order valence-electron chi connectivity index (χ3n) is 4.80. The summed E-state index contributed by atoms with van der Waals surface area (Å²) in [5, 5.41) is 21.0. The number of aromatic nitrogens is 1. The molecule has 0 aliphatic carbocycles. The van der Waals surface area contributed by atoms with E-state index >= 15 is 0 Å². The molecule has 7 heteroatoms. The Bertz CT molecular complexity index is 1220. The van der Waals surface area contributed by atoms with E-state index in [1.165, 1.54) is 0 Å². The predicted octanol–water partition coefficient (Wildman–Crippen LogP) is 5.48. The van der Waals surface area contributed by atoms with Crippen LogP contribution in [0.5, 0.6) is 0 Å². The van der Waals surface area contributed by atoms with Gasteiger partial charge in [-0.2, -0.15) is 0 Å². The summed E-state index contributed by atoms with van der Waals surface area (Å²) < 4.78 is 6.72. The number of carboxylic acids is 1. The molecule has 0 atom stereocenters. The van der Waals surface area contributed by atoms with Crippen molar-refractivity contribution in [2.75, 3.05) is 4.90 Å². The number of carbonyl (C=O) groups is 1. The molecule has 0 radical (unpaired) electrons. The quantitative estimate of drug-likeness (QED) is 0.415. The van der Waals surface area contributed by atoms with Crippen molar-refractivity contribution in [3.63, 3.8) is 0 Å². The molecule has 2 N–H and O–H groups in total. The first-order valence-electron chi connectivity index (χ1n) is 9.13. The molecule has 4 rings (SSSR count). The molecule has 0 unspecified atom stereocenters. The van der Waals surface area contributed by atoms with Crippen LogP contribution in [-0.2, 0) is 6.61 Å². The minimum atomic E-state index is -1.04. The number of benzene rings is 2. The minimum Gasteiger partial charge on any atom is -0.478 e. The van der Waals surface area contributed by atoms with Gasteiger partial charge in [-0.1, -0.05) is 6.07 Å². The van der Waals surface area contributed by atoms with Crippen molar-refractivity contribution < 1.29 is 19.4 Å². The van der Waals surface area contributed by atoms with Crippen LogP contribution in [0.3, 0.4) is 0 Å². The van der Waals surface area contributed by atoms with Crippen LogP contribution in [0.15, 0.2) is 57.6 Å². The van der Waals surface area contributed by atoms with E-state index in [0.717, 1.165) is 20.8 Å². The number of carboxylic acid groups (broad SMARTS) is 1. The molecule has 0 amide bonds. The highest BCUT2D eigenvalue weighted by Gasteiger charge is 2.24. The fraction of sp³-hybridized carbons (Fsp3) is 0.182. The summed E-state index contributed by atoms with van der Waals surface area (Å²) in [6.07, 6.45) is 1.68. The number of nitrogens with zero attached hydrogens (tertiary/aromatic N) is 2. The average Bonchev–Trinajstić information content (AvgIpc) is 3.05. The van der Waals surface area contributed by atoms with Crippen molar-refractivity contribution in [2.45, 2.75) is 26.5 Å². The number of hydrogen-bond acceptors (Lipinski definition) is 5. The number of pyridine rings is 1. The molecule has 0 aliphatic heterocycles. The van der Waals surface area contributed by atoms with Crippen molar-refractivity contribution in [2.24, 2.45) is 0 Å². The van der Waals surface area contributed by atoms with E-state index in [-0.39, 0.29) is 18.2 Å². The normalized spacial score (nSPS) is 11.5. The number of hydrogen-bond donors (Lipinski definition) is 2. The van der Waals surface area contributed by atoms with Crippen LogP contribution in [0.1, 0.15) is 29.8 Å². The number of aromatic carboxylic acids is 1. The molecule has 6 nitrogen and oxygen atoms in total. The Morgan fingerprint density at radius 2 is 1.90 bits per heavy atom. The summed E-state index contributed by atoms with van der Waals surface area (Å²) in [5.74, 6) is -0.393. The van der Waals surface area contributed by atoms with Crippen molar-refractivity contribution in [1.29, 1.82) is 0 Å². The van der Waals surface area contributed by atoms with Crippen molar-refractivity contribution in [1.82, 2.24) is 4.98 Å². The maximum Gasteiger partial charge on any atom is 0.337 e. The molecule has 0 bridgehead atoms. The number of aliphatic hydroxyl groups excluding tert-OH is 1. The summed E-state index contributed by atoms with van der Waals surface area (Å²) >= 11 is 3.39. The summed E-state index contributed by atoms with van der Waals surface area (Å²) in [4.78, 5) is 18.4. The Morgan fingerprint density at radius 3 is 2.52 bits per heavy atom. The highest BCUT2D eigenvalue weighted by atomic mass is 79.9. The van der Waals surface area contributed by atoms with Crippen LogP contribution < -0.4 is 4.90 Å². The van der Waals surface area contributed by atoms with Gasteiger partial charge in [-0.25, -0.2) is 9.78 Å². The predicted molar refractivity (Wildman–Crippen MR) is 116 cm³/mol. The molecule has 0 spiro atoms. The van der Waals surface area contributed by atoms with Gasteiger partial charge in [0.2, 0.25) is 0 Å². The third kappa shape index (κ3) is 3.47. The lowest BCUT2D eigenvalue weighted by molar-refractivity contribution is 0.0697. The Labute approximate surface area is 175 Å². The second kappa shape index (κ2) is 7.50. The SMILES string of the molecule is CC(C)N(c1ccc(Br)cn1)c1cc2c(cc1C(=O)O)oc1ccc(CO)cc12. The van der Waals surface area contributed by atoms with Gasteiger partial charge in [0.15, 0.2) is 0 Å². The summed E-state index contributed by atoms with van der Waals surface area (Å²) in [5.41, 5.74) is 2.57. The van der Waals surface area contributed by atoms with Gasteiger partial charge in [0.25, 0.3) is 0 Å². The lowest BCUT2D eigenvalue weighted by atomic mass is 10.0. The van der Waals surface area contributed by atoms with Gasteiger partial charge in [0, 0.05) is 27.5 Å². The van der Waals surface area contributed by atoms with Gasteiger partial charge in [-0.15, -0.1) is 0 Å². The van der Waals surface area contributed by atoms with Gasteiger partial charge in [0.1, 0.15) is 17.0 Å². The van der Waals surface area contributed by atoms with Crippen LogP contribution >= 0.6 is 15.9 Å². The third-order valence-corrected chi connectivity index (χ3v) is 5.27. The number of fused-ring (bicyclic) bond motifs is 3. The van der Waals surface area contributed by atoms with Crippen LogP contribution in [0.25, 0.3) is 21.9 Å². The molecule has 0 saturated heterocycles. The molecule has 29 heavy (non-hydrogen) atoms. The number of aliphatic hydroxyl groups is 1. The Balaban J connectivity index is 2.01. The highest BCUT2D eigenvalue weighted by Crippen LogP contribution is 2.38. The van der Waals surface area contributed by atoms with E-state index in [4.69, 9.17) is 4.42 Å². The smallest absolute Gasteiger partial charge is 0.337 e. The van der Waals surface area contributed by atoms with Crippen LogP contribution in [-0.4, -0.2) is 27.2 Å². The first-order chi connectivity index (χ1) is 13.9. The monoisotopic (exact) mass is 454 g/mol. The van der Waals surface area contributed by atoms with E-state index < -0.39 is 5.97 Å². The first-order valence-corrected chi connectivity index (χ1v) is 9.92. The van der Waals surface area contributed by atoms with Gasteiger partial charge in [-0.3, -0.25) is 0 Å². The zero-order valence-corrected chi connectivity index (χ0v) is 17.5. The zero-order valence-electron chi connectivity index (χ0n) is 15.9. The van der Waals surface area contributed by atoms with Crippen molar-refractivity contribution in [3.05, 3.63) is 64.3 Å². The Hall–Kier alpha value is -2.90. The molecule has 0 aliphatic rings. The van der Waals surface area contributed by atoms with Gasteiger partial charge < -0.3 is 19.5 Å². The molecule has 2 heterocycles. The molecule has 4 aromatic rings. The topological polar surface area (TPSA) is 86.8 Å². The van der Waals surface area contributed by atoms with E-state index in [2.05, 4.69) is 20.9 Å². The summed E-state index contributed by atoms with van der Waals surface area (Å²) in [7, 11) is 0. The van der Waals surface area contributed by atoms with Gasteiger partial charge in [-0.05, 0) is 71.7 Å². The standard InChI is InChI=1S/C22H19BrN2O4/c1-12(2)25(21-6-4-14(23)10-24-21)18-8-16-15-7-13(11-26)3-5-19(15)29-20(16)9-17(18)22(27)28/h3-10,12,26H,11H2,1-2H3,(H,27,28). The highest BCUT2D eigenvalue weighted by molar-refractivity contribution is 9.10. The summed E-state index contributed by atoms with van der Waals surface area (Å²) in [6, 6.07) is 12.5. The molecule has 0 saturated carbocycles. The first kappa shape index (κ1) is 19.4. The summed E-state index contributed by atoms with van der Waals surface area (Å²) in [6.45, 7) is 3.89. The van der Waals surface area contributed by atoms with Crippen molar-refractivity contribution >= 4 is 55.3 Å².